The van der Waals surface area contributed by atoms with E-state index in [1.807, 2.05) is 35.0 Å². The molecule has 174 valence electrons. The van der Waals surface area contributed by atoms with Crippen molar-refractivity contribution in [3.63, 3.8) is 0 Å². The third-order valence-corrected chi connectivity index (χ3v) is 6.43. The first-order valence-electron chi connectivity index (χ1n) is 11.4. The van der Waals surface area contributed by atoms with Crippen molar-refractivity contribution in [3.05, 3.63) is 77.4 Å². The molecule has 0 saturated heterocycles. The number of hydrogen-bond donors (Lipinski definition) is 2. The van der Waals surface area contributed by atoms with Gasteiger partial charge in [0.15, 0.2) is 0 Å². The van der Waals surface area contributed by atoms with E-state index in [-0.39, 0.29) is 12.1 Å². The normalized spacial score (nSPS) is 13.9. The number of ether oxygens (including phenoxy) is 1. The van der Waals surface area contributed by atoms with Gasteiger partial charge in [-0.2, -0.15) is 5.10 Å². The van der Waals surface area contributed by atoms with E-state index in [2.05, 4.69) is 10.3 Å². The molecule has 4 aromatic rings. The molecule has 1 aliphatic rings. The zero-order valence-electron chi connectivity index (χ0n) is 18.9. The molecular formula is C26H26FN5O2. The minimum atomic E-state index is -0.493. The highest BCUT2D eigenvalue weighted by molar-refractivity contribution is 5.97. The molecule has 8 heteroatoms. The third kappa shape index (κ3) is 4.07. The fourth-order valence-corrected chi connectivity index (χ4v) is 4.69. The summed E-state index contributed by atoms with van der Waals surface area (Å²) in [5.41, 5.74) is 10.1. The molecule has 0 radical (unpaired) electrons. The number of pyridine rings is 1. The Morgan fingerprint density at radius 1 is 1.18 bits per heavy atom. The zero-order valence-corrected chi connectivity index (χ0v) is 18.9. The summed E-state index contributed by atoms with van der Waals surface area (Å²) in [5.74, 6) is 0.324. The number of rotatable bonds is 6. The van der Waals surface area contributed by atoms with E-state index in [1.54, 1.807) is 6.20 Å². The maximum atomic E-state index is 13.6. The molecule has 2 heterocycles. The number of halogens is 1. The number of carbonyl (C=O) groups excluding carboxylic acids is 1. The van der Waals surface area contributed by atoms with Crippen molar-refractivity contribution in [1.82, 2.24) is 20.1 Å². The van der Waals surface area contributed by atoms with Crippen molar-refractivity contribution in [2.24, 2.45) is 0 Å². The Morgan fingerprint density at radius 2 is 1.94 bits per heavy atom. The highest BCUT2D eigenvalue weighted by Crippen LogP contribution is 2.38. The maximum Gasteiger partial charge on any atom is 0.255 e. The summed E-state index contributed by atoms with van der Waals surface area (Å²) >= 11 is 0. The lowest BCUT2D eigenvalue weighted by Gasteiger charge is -2.10. The Labute approximate surface area is 196 Å². The summed E-state index contributed by atoms with van der Waals surface area (Å²) < 4.78 is 20.6. The molecule has 3 N–H and O–H groups in total. The molecule has 1 amide bonds. The maximum absolute atomic E-state index is 13.6. The number of anilines is 1. The monoisotopic (exact) mass is 459 g/mol. The van der Waals surface area contributed by atoms with Crippen LogP contribution in [0.5, 0.6) is 5.75 Å². The average Bonchev–Trinajstić information content (AvgIpc) is 3.52. The predicted octanol–water partition coefficient (Wildman–Crippen LogP) is 4.74. The van der Waals surface area contributed by atoms with Gasteiger partial charge in [0.25, 0.3) is 5.91 Å². The number of carbonyl (C=O) groups is 1. The van der Waals surface area contributed by atoms with Crippen molar-refractivity contribution in [1.29, 1.82) is 0 Å². The first-order chi connectivity index (χ1) is 16.5. The quantitative estimate of drug-likeness (QED) is 0.434. The van der Waals surface area contributed by atoms with Gasteiger partial charge in [0.1, 0.15) is 22.9 Å². The number of amides is 1. The van der Waals surface area contributed by atoms with Gasteiger partial charge in [-0.15, -0.1) is 0 Å². The van der Waals surface area contributed by atoms with E-state index in [9.17, 15) is 9.18 Å². The van der Waals surface area contributed by atoms with Crippen molar-refractivity contribution in [2.75, 3.05) is 12.8 Å². The van der Waals surface area contributed by atoms with Gasteiger partial charge in [-0.05, 0) is 54.8 Å². The van der Waals surface area contributed by atoms with E-state index in [0.717, 1.165) is 40.7 Å². The Hall–Kier alpha value is -3.94. The largest absolute Gasteiger partial charge is 0.496 e. The molecule has 2 aromatic heterocycles. The summed E-state index contributed by atoms with van der Waals surface area (Å²) in [5, 5.41) is 8.82. The molecule has 1 saturated carbocycles. The first kappa shape index (κ1) is 21.9. The van der Waals surface area contributed by atoms with Crippen LogP contribution in [0.1, 0.15) is 53.2 Å². The summed E-state index contributed by atoms with van der Waals surface area (Å²) in [4.78, 5) is 16.8. The van der Waals surface area contributed by atoms with Crippen LogP contribution in [-0.4, -0.2) is 27.8 Å². The van der Waals surface area contributed by atoms with Crippen LogP contribution in [0.4, 0.5) is 10.2 Å². The van der Waals surface area contributed by atoms with Crippen LogP contribution >= 0.6 is 0 Å². The Balaban J connectivity index is 1.38. The van der Waals surface area contributed by atoms with Crippen LogP contribution in [0.25, 0.3) is 16.6 Å². The average molecular weight is 460 g/mol. The Morgan fingerprint density at radius 3 is 2.68 bits per heavy atom. The summed E-state index contributed by atoms with van der Waals surface area (Å²) in [7, 11) is 1.45. The van der Waals surface area contributed by atoms with Crippen LogP contribution < -0.4 is 15.8 Å². The number of aromatic nitrogens is 3. The summed E-state index contributed by atoms with van der Waals surface area (Å²) in [6.45, 7) is 0.287. The molecule has 0 atom stereocenters. The van der Waals surface area contributed by atoms with Crippen molar-refractivity contribution < 1.29 is 13.9 Å². The zero-order chi connectivity index (χ0) is 23.7. The minimum Gasteiger partial charge on any atom is -0.496 e. The molecule has 1 fully saturated rings. The van der Waals surface area contributed by atoms with Gasteiger partial charge in [0, 0.05) is 24.0 Å². The van der Waals surface area contributed by atoms with Crippen LogP contribution in [0, 0.1) is 5.82 Å². The molecule has 5 rings (SSSR count). The number of nitrogens with one attached hydrogen (secondary N) is 1. The highest BCUT2D eigenvalue weighted by Gasteiger charge is 2.24. The van der Waals surface area contributed by atoms with Gasteiger partial charge in [0.05, 0.1) is 24.1 Å². The Bertz CT molecular complexity index is 1340. The number of nitrogens with two attached hydrogens (primary N) is 1. The van der Waals surface area contributed by atoms with E-state index in [0.29, 0.717) is 17.5 Å². The van der Waals surface area contributed by atoms with Gasteiger partial charge in [-0.1, -0.05) is 25.0 Å². The molecule has 34 heavy (non-hydrogen) atoms. The summed E-state index contributed by atoms with van der Waals surface area (Å²) in [6.07, 6.45) is 6.47. The van der Waals surface area contributed by atoms with E-state index < -0.39 is 11.7 Å². The second-order valence-corrected chi connectivity index (χ2v) is 8.56. The van der Waals surface area contributed by atoms with Crippen LogP contribution in [0.2, 0.25) is 0 Å². The van der Waals surface area contributed by atoms with Gasteiger partial charge in [0.2, 0.25) is 0 Å². The minimum absolute atomic E-state index is 0.157. The van der Waals surface area contributed by atoms with E-state index >= 15 is 0 Å². The Kier molecular flexibility index (Phi) is 5.88. The lowest BCUT2D eigenvalue weighted by molar-refractivity contribution is 0.0947. The second kappa shape index (κ2) is 9.13. The lowest BCUT2D eigenvalue weighted by atomic mass is 10.0. The van der Waals surface area contributed by atoms with E-state index in [1.165, 1.54) is 38.2 Å². The number of nitrogens with zero attached hydrogens (tertiary/aromatic N) is 3. The molecule has 0 aliphatic heterocycles. The van der Waals surface area contributed by atoms with Crippen LogP contribution in [-0.2, 0) is 6.54 Å². The fraction of sp³-hybridized carbons (Fsp3) is 0.269. The highest BCUT2D eigenvalue weighted by atomic mass is 19.1. The summed E-state index contributed by atoms with van der Waals surface area (Å²) in [6, 6.07) is 13.6. The molecule has 2 aromatic carbocycles. The SMILES string of the molecule is COc1ccc(F)cc1C(=O)NCc1ccc(-n2nc(C3CCCC3)c3ccnc(N)c32)cc1. The topological polar surface area (TPSA) is 95.1 Å². The smallest absolute Gasteiger partial charge is 0.255 e. The molecule has 0 spiro atoms. The molecule has 0 bridgehead atoms. The molecule has 1 aliphatic carbocycles. The number of hydrogen-bond acceptors (Lipinski definition) is 5. The molecule has 0 unspecified atom stereocenters. The second-order valence-electron chi connectivity index (χ2n) is 8.56. The van der Waals surface area contributed by atoms with Gasteiger partial charge < -0.3 is 15.8 Å². The van der Waals surface area contributed by atoms with E-state index in [4.69, 9.17) is 15.6 Å². The van der Waals surface area contributed by atoms with Crippen molar-refractivity contribution in [2.45, 2.75) is 38.1 Å². The number of nitrogen functional groups attached to an aromatic ring is 1. The predicted molar refractivity (Wildman–Crippen MR) is 129 cm³/mol. The molecule has 7 nitrogen and oxygen atoms in total. The van der Waals surface area contributed by atoms with Crippen LogP contribution in [0.3, 0.4) is 0 Å². The fourth-order valence-electron chi connectivity index (χ4n) is 4.69. The van der Waals surface area contributed by atoms with Crippen molar-refractivity contribution in [3.8, 4) is 11.4 Å². The van der Waals surface area contributed by atoms with Crippen molar-refractivity contribution >= 4 is 22.6 Å². The lowest BCUT2D eigenvalue weighted by Crippen LogP contribution is -2.23. The van der Waals surface area contributed by atoms with Gasteiger partial charge >= 0.3 is 0 Å². The first-order valence-corrected chi connectivity index (χ1v) is 11.4. The number of benzene rings is 2. The standard InChI is InChI=1S/C26H26FN5O2/c1-34-22-11-8-18(27)14-21(22)26(33)30-15-16-6-9-19(10-7-16)32-24-20(12-13-29-25(24)28)23(31-32)17-4-2-3-5-17/h6-14,17H,2-5,15H2,1H3,(H2,28,29)(H,30,33). The van der Waals surface area contributed by atoms with Gasteiger partial charge in [-0.3, -0.25) is 4.79 Å². The van der Waals surface area contributed by atoms with Gasteiger partial charge in [-0.25, -0.2) is 14.1 Å². The molecular weight excluding hydrogens is 433 g/mol. The van der Waals surface area contributed by atoms with Crippen LogP contribution in [0.15, 0.2) is 54.7 Å². The third-order valence-electron chi connectivity index (χ3n) is 6.43. The number of methoxy groups -OCH3 is 1. The number of fused-ring (bicyclic) bond motifs is 1.